The van der Waals surface area contributed by atoms with Gasteiger partial charge in [0, 0.05) is 25.9 Å². The smallest absolute Gasteiger partial charge is 0.255 e. The molecule has 1 amide bonds. The van der Waals surface area contributed by atoms with Crippen LogP contribution >= 0.6 is 23.2 Å². The molecule has 1 unspecified atom stereocenters. The molecular weight excluding hydrogens is 335 g/mol. The predicted octanol–water partition coefficient (Wildman–Crippen LogP) is 1.83. The molecule has 1 heterocycles. The van der Waals surface area contributed by atoms with E-state index in [4.69, 9.17) is 23.2 Å². The van der Waals surface area contributed by atoms with Crippen LogP contribution in [0, 0.1) is 0 Å². The van der Waals surface area contributed by atoms with Crippen molar-refractivity contribution in [1.82, 2.24) is 10.2 Å². The molecule has 1 aliphatic rings. The van der Waals surface area contributed by atoms with E-state index in [9.17, 15) is 13.2 Å². The summed E-state index contributed by atoms with van der Waals surface area (Å²) in [6.07, 6.45) is 1.90. The summed E-state index contributed by atoms with van der Waals surface area (Å²) >= 11 is 12.0. The maximum absolute atomic E-state index is 12.5. The van der Waals surface area contributed by atoms with E-state index in [1.807, 2.05) is 0 Å². The maximum Gasteiger partial charge on any atom is 0.255 e. The SMILES string of the molecule is CN(C(=O)c1cc(S(C)(=O)=O)c(Cl)cc1Cl)C1CCNC1. The highest BCUT2D eigenvalue weighted by Gasteiger charge is 2.27. The van der Waals surface area contributed by atoms with Gasteiger partial charge < -0.3 is 10.2 Å². The van der Waals surface area contributed by atoms with Gasteiger partial charge in [0.15, 0.2) is 9.84 Å². The number of nitrogens with zero attached hydrogens (tertiary/aromatic N) is 1. The summed E-state index contributed by atoms with van der Waals surface area (Å²) in [5.41, 5.74) is 0.149. The highest BCUT2D eigenvalue weighted by Crippen LogP contribution is 2.29. The summed E-state index contributed by atoms with van der Waals surface area (Å²) in [5.74, 6) is -0.310. The summed E-state index contributed by atoms with van der Waals surface area (Å²) in [4.78, 5) is 14.0. The first-order chi connectivity index (χ1) is 9.71. The van der Waals surface area contributed by atoms with Crippen LogP contribution in [0.3, 0.4) is 0 Å². The largest absolute Gasteiger partial charge is 0.337 e. The molecule has 0 spiro atoms. The monoisotopic (exact) mass is 350 g/mol. The molecule has 0 aromatic heterocycles. The highest BCUT2D eigenvalue weighted by atomic mass is 35.5. The van der Waals surface area contributed by atoms with Gasteiger partial charge in [-0.2, -0.15) is 0 Å². The number of amides is 1. The van der Waals surface area contributed by atoms with E-state index in [0.717, 1.165) is 19.2 Å². The van der Waals surface area contributed by atoms with Gasteiger partial charge in [0.2, 0.25) is 0 Å². The van der Waals surface area contributed by atoms with Crippen molar-refractivity contribution in [3.8, 4) is 0 Å². The molecule has 21 heavy (non-hydrogen) atoms. The molecule has 1 saturated heterocycles. The Balaban J connectivity index is 2.41. The number of benzene rings is 1. The van der Waals surface area contributed by atoms with Gasteiger partial charge in [-0.15, -0.1) is 0 Å². The molecule has 0 aliphatic carbocycles. The number of nitrogens with one attached hydrogen (secondary N) is 1. The van der Waals surface area contributed by atoms with Gasteiger partial charge in [0.05, 0.1) is 20.5 Å². The fourth-order valence-corrected chi connectivity index (χ4v) is 3.93. The molecule has 0 saturated carbocycles. The number of rotatable bonds is 3. The fourth-order valence-electron chi connectivity index (χ4n) is 2.30. The number of hydrogen-bond donors (Lipinski definition) is 1. The third-order valence-electron chi connectivity index (χ3n) is 3.55. The van der Waals surface area contributed by atoms with E-state index < -0.39 is 9.84 Å². The van der Waals surface area contributed by atoms with Crippen molar-refractivity contribution in [2.24, 2.45) is 0 Å². The quantitative estimate of drug-likeness (QED) is 0.902. The topological polar surface area (TPSA) is 66.5 Å². The zero-order valence-corrected chi connectivity index (χ0v) is 14.0. The molecule has 1 atom stereocenters. The Morgan fingerprint density at radius 2 is 2.00 bits per heavy atom. The summed E-state index contributed by atoms with van der Waals surface area (Å²) in [6.45, 7) is 1.57. The minimum absolute atomic E-state index is 0.0178. The van der Waals surface area contributed by atoms with E-state index in [0.29, 0.717) is 6.54 Å². The normalized spacial score (nSPS) is 18.8. The van der Waals surface area contributed by atoms with Gasteiger partial charge in [0.25, 0.3) is 5.91 Å². The van der Waals surface area contributed by atoms with Crippen LogP contribution in [0.2, 0.25) is 10.0 Å². The lowest BCUT2D eigenvalue weighted by Gasteiger charge is -2.24. The molecular formula is C13H16Cl2N2O3S. The minimum atomic E-state index is -3.52. The predicted molar refractivity (Wildman–Crippen MR) is 82.9 cm³/mol. The van der Waals surface area contributed by atoms with Crippen LogP contribution in [0.4, 0.5) is 0 Å². The summed E-state index contributed by atoms with van der Waals surface area (Å²) in [6, 6.07) is 2.63. The molecule has 1 fully saturated rings. The van der Waals surface area contributed by atoms with Gasteiger partial charge in [-0.25, -0.2) is 8.42 Å². The summed E-state index contributed by atoms with van der Waals surface area (Å²) in [5, 5.41) is 3.34. The molecule has 2 rings (SSSR count). The second-order valence-electron chi connectivity index (χ2n) is 5.10. The first kappa shape index (κ1) is 16.5. The van der Waals surface area contributed by atoms with Gasteiger partial charge >= 0.3 is 0 Å². The Labute approximate surface area is 134 Å². The number of carbonyl (C=O) groups is 1. The Bertz CT molecular complexity index is 670. The Morgan fingerprint density at radius 1 is 1.33 bits per heavy atom. The van der Waals surface area contributed by atoms with Crippen molar-refractivity contribution in [2.75, 3.05) is 26.4 Å². The Morgan fingerprint density at radius 3 is 2.52 bits per heavy atom. The van der Waals surface area contributed by atoms with Crippen LogP contribution in [0.5, 0.6) is 0 Å². The lowest BCUT2D eigenvalue weighted by Crippen LogP contribution is -2.38. The molecule has 116 valence electrons. The second kappa shape index (κ2) is 6.12. The molecule has 1 N–H and O–H groups in total. The van der Waals surface area contributed by atoms with Crippen molar-refractivity contribution in [3.05, 3.63) is 27.7 Å². The average molecular weight is 351 g/mol. The second-order valence-corrected chi connectivity index (χ2v) is 7.90. The summed E-state index contributed by atoms with van der Waals surface area (Å²) in [7, 11) is -1.84. The van der Waals surface area contributed by atoms with E-state index in [2.05, 4.69) is 5.32 Å². The van der Waals surface area contributed by atoms with Crippen LogP contribution in [-0.2, 0) is 9.84 Å². The lowest BCUT2D eigenvalue weighted by atomic mass is 10.1. The van der Waals surface area contributed by atoms with Crippen LogP contribution in [-0.4, -0.2) is 51.7 Å². The first-order valence-corrected chi connectivity index (χ1v) is 9.03. The van der Waals surface area contributed by atoms with Gasteiger partial charge in [0.1, 0.15) is 0 Å². The molecule has 1 aromatic rings. The molecule has 1 aromatic carbocycles. The van der Waals surface area contributed by atoms with Crippen molar-refractivity contribution < 1.29 is 13.2 Å². The number of halogens is 2. The van der Waals surface area contributed by atoms with Crippen molar-refractivity contribution in [2.45, 2.75) is 17.4 Å². The standard InChI is InChI=1S/C13H16Cl2N2O3S/c1-17(8-3-4-16-7-8)13(18)9-5-12(21(2,19)20)11(15)6-10(9)14/h5-6,8,16H,3-4,7H2,1-2H3. The van der Waals surface area contributed by atoms with E-state index in [-0.39, 0.29) is 32.5 Å². The van der Waals surface area contributed by atoms with E-state index in [1.165, 1.54) is 12.1 Å². The van der Waals surface area contributed by atoms with Crippen molar-refractivity contribution >= 4 is 38.9 Å². The number of hydrogen-bond acceptors (Lipinski definition) is 4. The molecule has 0 radical (unpaired) electrons. The van der Waals surface area contributed by atoms with Gasteiger partial charge in [-0.05, 0) is 25.1 Å². The molecule has 1 aliphatic heterocycles. The highest BCUT2D eigenvalue weighted by molar-refractivity contribution is 7.90. The van der Waals surface area contributed by atoms with E-state index in [1.54, 1.807) is 11.9 Å². The number of carbonyl (C=O) groups excluding carboxylic acids is 1. The zero-order valence-electron chi connectivity index (χ0n) is 11.7. The van der Waals surface area contributed by atoms with Gasteiger partial charge in [-0.1, -0.05) is 23.2 Å². The zero-order chi connectivity index (χ0) is 15.8. The van der Waals surface area contributed by atoms with Crippen LogP contribution in [0.1, 0.15) is 16.8 Å². The Kier molecular flexibility index (Phi) is 4.82. The maximum atomic E-state index is 12.5. The summed E-state index contributed by atoms with van der Waals surface area (Å²) < 4.78 is 23.4. The minimum Gasteiger partial charge on any atom is -0.337 e. The van der Waals surface area contributed by atoms with E-state index >= 15 is 0 Å². The third-order valence-corrected chi connectivity index (χ3v) is 5.43. The fraction of sp³-hybridized carbons (Fsp3) is 0.462. The third kappa shape index (κ3) is 3.51. The average Bonchev–Trinajstić information content (AvgIpc) is 2.89. The van der Waals surface area contributed by atoms with Crippen LogP contribution < -0.4 is 5.32 Å². The molecule has 0 bridgehead atoms. The first-order valence-electron chi connectivity index (χ1n) is 6.39. The lowest BCUT2D eigenvalue weighted by molar-refractivity contribution is 0.0743. The molecule has 5 nitrogen and oxygen atoms in total. The number of likely N-dealkylation sites (N-methyl/N-ethyl adjacent to an activating group) is 1. The molecule has 8 heteroatoms. The van der Waals surface area contributed by atoms with Crippen molar-refractivity contribution in [3.63, 3.8) is 0 Å². The Hall–Kier alpha value is -0.820. The number of sulfone groups is 1. The van der Waals surface area contributed by atoms with Crippen LogP contribution in [0.15, 0.2) is 17.0 Å². The van der Waals surface area contributed by atoms with Crippen LogP contribution in [0.25, 0.3) is 0 Å². The van der Waals surface area contributed by atoms with Crippen molar-refractivity contribution in [1.29, 1.82) is 0 Å². The van der Waals surface area contributed by atoms with Gasteiger partial charge in [-0.3, -0.25) is 4.79 Å².